The van der Waals surface area contributed by atoms with E-state index in [4.69, 9.17) is 5.11 Å². The number of carboxylic acids is 1. The molecule has 2 rings (SSSR count). The topological polar surface area (TPSA) is 83.5 Å². The smallest absolute Gasteiger partial charge is 0.335 e. The fourth-order valence-corrected chi connectivity index (χ4v) is 5.01. The van der Waals surface area contributed by atoms with Crippen LogP contribution in [0.3, 0.4) is 0 Å². The number of thiophene rings is 1. The Morgan fingerprint density at radius 1 is 1.24 bits per heavy atom. The molecule has 112 valence electrons. The number of carbonyl (C=O) groups is 1. The van der Waals surface area contributed by atoms with Gasteiger partial charge in [-0.05, 0) is 65.2 Å². The van der Waals surface area contributed by atoms with Crippen molar-refractivity contribution in [2.24, 2.45) is 0 Å². The molecule has 5 nitrogen and oxygen atoms in total. The van der Waals surface area contributed by atoms with E-state index in [-0.39, 0.29) is 9.77 Å². The number of sulfonamides is 1. The van der Waals surface area contributed by atoms with Crippen LogP contribution < -0.4 is 4.72 Å². The molecule has 0 unspecified atom stereocenters. The van der Waals surface area contributed by atoms with Gasteiger partial charge in [0.15, 0.2) is 0 Å². The second-order valence-electron chi connectivity index (χ2n) is 4.46. The minimum Gasteiger partial charge on any atom is -0.478 e. The molecule has 0 radical (unpaired) electrons. The lowest BCUT2D eigenvalue weighted by Crippen LogP contribution is -2.12. The van der Waals surface area contributed by atoms with E-state index in [0.29, 0.717) is 11.3 Å². The van der Waals surface area contributed by atoms with Gasteiger partial charge in [-0.25, -0.2) is 13.2 Å². The van der Waals surface area contributed by atoms with E-state index in [1.807, 2.05) is 6.92 Å². The molecule has 0 amide bonds. The first kappa shape index (κ1) is 16.0. The largest absolute Gasteiger partial charge is 0.478 e. The number of aryl methyl sites for hydroxylation is 2. The lowest BCUT2D eigenvalue weighted by molar-refractivity contribution is 0.0696. The van der Waals surface area contributed by atoms with E-state index in [0.717, 1.165) is 20.7 Å². The molecule has 0 bridgehead atoms. The van der Waals surface area contributed by atoms with E-state index in [1.165, 1.54) is 18.2 Å². The van der Waals surface area contributed by atoms with Crippen molar-refractivity contribution in [2.75, 3.05) is 4.72 Å². The predicted octanol–water partition coefficient (Wildman–Crippen LogP) is 3.63. The van der Waals surface area contributed by atoms with Gasteiger partial charge in [0.2, 0.25) is 0 Å². The zero-order valence-electron chi connectivity index (χ0n) is 11.2. The molecule has 0 spiro atoms. The summed E-state index contributed by atoms with van der Waals surface area (Å²) >= 11 is 4.42. The zero-order valence-corrected chi connectivity index (χ0v) is 14.4. The molecule has 0 atom stereocenters. The third-order valence-electron chi connectivity index (χ3n) is 2.81. The van der Waals surface area contributed by atoms with Crippen LogP contribution in [0.2, 0.25) is 0 Å². The lowest BCUT2D eigenvalue weighted by Gasteiger charge is -2.08. The first-order valence-electron chi connectivity index (χ1n) is 5.83. The SMILES string of the molecule is Cc1cc(NS(=O)(=O)c2cc(C)c(Br)s2)ccc1C(=O)O. The van der Waals surface area contributed by atoms with Crippen LogP contribution in [0.25, 0.3) is 0 Å². The van der Waals surface area contributed by atoms with Crippen molar-refractivity contribution in [3.8, 4) is 0 Å². The van der Waals surface area contributed by atoms with E-state index < -0.39 is 16.0 Å². The van der Waals surface area contributed by atoms with Crippen molar-refractivity contribution in [2.45, 2.75) is 18.1 Å². The summed E-state index contributed by atoms with van der Waals surface area (Å²) in [6, 6.07) is 5.89. The number of anilines is 1. The Hall–Kier alpha value is -1.38. The maximum absolute atomic E-state index is 12.3. The van der Waals surface area contributed by atoms with Gasteiger partial charge in [-0.1, -0.05) is 0 Å². The molecular weight excluding hydrogens is 378 g/mol. The number of carboxylic acid groups (broad SMARTS) is 1. The fraction of sp³-hybridized carbons (Fsp3) is 0.154. The highest BCUT2D eigenvalue weighted by Crippen LogP contribution is 2.31. The van der Waals surface area contributed by atoms with Gasteiger partial charge in [0, 0.05) is 5.69 Å². The molecule has 0 aliphatic rings. The maximum Gasteiger partial charge on any atom is 0.335 e. The Morgan fingerprint density at radius 3 is 2.38 bits per heavy atom. The summed E-state index contributed by atoms with van der Waals surface area (Å²) in [5.41, 5.74) is 1.82. The lowest BCUT2D eigenvalue weighted by atomic mass is 10.1. The number of nitrogens with one attached hydrogen (secondary N) is 1. The summed E-state index contributed by atoms with van der Waals surface area (Å²) in [6.07, 6.45) is 0. The molecule has 2 aromatic rings. The van der Waals surface area contributed by atoms with Gasteiger partial charge in [0.05, 0.1) is 9.35 Å². The molecule has 21 heavy (non-hydrogen) atoms. The first-order chi connectivity index (χ1) is 9.70. The summed E-state index contributed by atoms with van der Waals surface area (Å²) in [5, 5.41) is 8.96. The number of halogens is 1. The molecule has 0 saturated heterocycles. The minimum atomic E-state index is -3.67. The Morgan fingerprint density at radius 2 is 1.90 bits per heavy atom. The Balaban J connectivity index is 2.33. The molecule has 0 saturated carbocycles. The Bertz CT molecular complexity index is 792. The maximum atomic E-state index is 12.3. The highest BCUT2D eigenvalue weighted by Gasteiger charge is 2.19. The average molecular weight is 390 g/mol. The molecule has 1 aromatic heterocycles. The monoisotopic (exact) mass is 389 g/mol. The van der Waals surface area contributed by atoms with Crippen molar-refractivity contribution >= 4 is 48.9 Å². The minimum absolute atomic E-state index is 0.146. The summed E-state index contributed by atoms with van der Waals surface area (Å²) in [4.78, 5) is 10.9. The first-order valence-corrected chi connectivity index (χ1v) is 8.92. The number of rotatable bonds is 4. The molecule has 1 aromatic carbocycles. The standard InChI is InChI=1S/C13H12BrNO4S2/c1-7-5-9(3-4-10(7)13(16)17)15-21(18,19)11-6-8(2)12(14)20-11/h3-6,15H,1-2H3,(H,16,17). The van der Waals surface area contributed by atoms with Crippen molar-refractivity contribution in [1.82, 2.24) is 0 Å². The van der Waals surface area contributed by atoms with E-state index in [1.54, 1.807) is 13.0 Å². The molecule has 0 fully saturated rings. The summed E-state index contributed by atoms with van der Waals surface area (Å²) in [5.74, 6) is -1.04. The molecule has 8 heteroatoms. The highest BCUT2D eigenvalue weighted by atomic mass is 79.9. The molecular formula is C13H12BrNO4S2. The number of benzene rings is 1. The van der Waals surface area contributed by atoms with Gasteiger partial charge in [0.1, 0.15) is 4.21 Å². The number of hydrogen-bond acceptors (Lipinski definition) is 4. The van der Waals surface area contributed by atoms with Crippen LogP contribution >= 0.6 is 27.3 Å². The third kappa shape index (κ3) is 3.45. The summed E-state index contributed by atoms with van der Waals surface area (Å²) in [7, 11) is -3.67. The van der Waals surface area contributed by atoms with Crippen molar-refractivity contribution in [3.05, 3.63) is 44.7 Å². The van der Waals surface area contributed by atoms with Crippen LogP contribution in [-0.2, 0) is 10.0 Å². The quantitative estimate of drug-likeness (QED) is 0.835. The van der Waals surface area contributed by atoms with Crippen LogP contribution in [0.5, 0.6) is 0 Å². The van der Waals surface area contributed by atoms with Crippen molar-refractivity contribution in [3.63, 3.8) is 0 Å². The van der Waals surface area contributed by atoms with E-state index >= 15 is 0 Å². The fourth-order valence-electron chi connectivity index (χ4n) is 1.74. The Labute approximate surface area is 134 Å². The van der Waals surface area contributed by atoms with Gasteiger partial charge in [-0.15, -0.1) is 11.3 Å². The van der Waals surface area contributed by atoms with Gasteiger partial charge < -0.3 is 5.11 Å². The van der Waals surface area contributed by atoms with Gasteiger partial charge >= 0.3 is 5.97 Å². The predicted molar refractivity (Wildman–Crippen MR) is 85.7 cm³/mol. The van der Waals surface area contributed by atoms with Crippen molar-refractivity contribution in [1.29, 1.82) is 0 Å². The van der Waals surface area contributed by atoms with E-state index in [2.05, 4.69) is 20.7 Å². The van der Waals surface area contributed by atoms with Gasteiger partial charge in [-0.2, -0.15) is 0 Å². The van der Waals surface area contributed by atoms with Crippen molar-refractivity contribution < 1.29 is 18.3 Å². The summed E-state index contributed by atoms with van der Waals surface area (Å²) in [6.45, 7) is 3.43. The van der Waals surface area contributed by atoms with Crippen LogP contribution in [-0.4, -0.2) is 19.5 Å². The molecule has 1 heterocycles. The van der Waals surface area contributed by atoms with Crippen LogP contribution in [0, 0.1) is 13.8 Å². The zero-order chi connectivity index (χ0) is 15.8. The number of aromatic carboxylic acids is 1. The molecule has 0 aliphatic heterocycles. The Kier molecular flexibility index (Phi) is 4.40. The second kappa shape index (κ2) is 5.78. The highest BCUT2D eigenvalue weighted by molar-refractivity contribution is 9.11. The van der Waals surface area contributed by atoms with Gasteiger partial charge in [0.25, 0.3) is 10.0 Å². The molecule has 2 N–H and O–H groups in total. The molecule has 0 aliphatic carbocycles. The van der Waals surface area contributed by atoms with Gasteiger partial charge in [-0.3, -0.25) is 4.72 Å². The number of hydrogen-bond donors (Lipinski definition) is 2. The van der Waals surface area contributed by atoms with Crippen LogP contribution in [0.1, 0.15) is 21.5 Å². The van der Waals surface area contributed by atoms with Crippen LogP contribution in [0.15, 0.2) is 32.3 Å². The normalized spacial score (nSPS) is 11.4. The second-order valence-corrected chi connectivity index (χ2v) is 8.74. The summed E-state index contributed by atoms with van der Waals surface area (Å²) < 4.78 is 27.9. The average Bonchev–Trinajstić information content (AvgIpc) is 2.69. The third-order valence-corrected chi connectivity index (χ3v) is 6.80. The van der Waals surface area contributed by atoms with E-state index in [9.17, 15) is 13.2 Å². The van der Waals surface area contributed by atoms with Crippen LogP contribution in [0.4, 0.5) is 5.69 Å².